The molecule has 140 valence electrons. The van der Waals surface area contributed by atoms with E-state index in [0.717, 1.165) is 13.2 Å². The number of nitrogens with one attached hydrogen (secondary N) is 2. The van der Waals surface area contributed by atoms with Crippen LogP contribution < -0.4 is 14.8 Å². The molecule has 2 rings (SSSR count). The van der Waals surface area contributed by atoms with Gasteiger partial charge in [0.05, 0.1) is 19.8 Å². The van der Waals surface area contributed by atoms with Crippen LogP contribution in [0.4, 0.5) is 10.7 Å². The number of hydrogen-bond donors (Lipinski definition) is 2. The summed E-state index contributed by atoms with van der Waals surface area (Å²) in [5.41, 5.74) is -0.215. The summed E-state index contributed by atoms with van der Waals surface area (Å²) < 4.78 is 36.0. The first kappa shape index (κ1) is 22.4. The van der Waals surface area contributed by atoms with Crippen LogP contribution in [0.3, 0.4) is 0 Å². The summed E-state index contributed by atoms with van der Waals surface area (Å²) in [7, 11) is -1.92. The van der Waals surface area contributed by atoms with Crippen LogP contribution in [0, 0.1) is 6.92 Å². The predicted molar refractivity (Wildman–Crippen MR) is 88.2 cm³/mol. The number of aromatic nitrogens is 3. The van der Waals surface area contributed by atoms with Crippen molar-refractivity contribution in [1.29, 1.82) is 0 Å². The Labute approximate surface area is 167 Å². The van der Waals surface area contributed by atoms with Crippen LogP contribution in [0.2, 0.25) is 0 Å². The van der Waals surface area contributed by atoms with Crippen molar-refractivity contribution in [3.63, 3.8) is 0 Å². The second kappa shape index (κ2) is 9.33. The van der Waals surface area contributed by atoms with E-state index in [1.165, 1.54) is 32.2 Å². The van der Waals surface area contributed by atoms with Crippen LogP contribution in [0.1, 0.15) is 16.2 Å². The van der Waals surface area contributed by atoms with Crippen LogP contribution in [0.25, 0.3) is 0 Å². The summed E-state index contributed by atoms with van der Waals surface area (Å²) in [4.78, 5) is 34.7. The zero-order valence-electron chi connectivity index (χ0n) is 14.7. The Morgan fingerprint density at radius 1 is 1.07 bits per heavy atom. The summed E-state index contributed by atoms with van der Waals surface area (Å²) in [5.74, 6) is -0.807. The average Bonchev–Trinajstić information content (AvgIpc) is 2.59. The first-order valence-corrected chi connectivity index (χ1v) is 8.53. The van der Waals surface area contributed by atoms with E-state index in [9.17, 15) is 18.0 Å². The number of nitrogens with zero attached hydrogens (tertiary/aromatic N) is 3. The molecule has 1 aromatic heterocycles. The number of urea groups is 1. The van der Waals surface area contributed by atoms with Crippen molar-refractivity contribution in [2.75, 3.05) is 19.5 Å². The minimum absolute atomic E-state index is 0. The maximum atomic E-state index is 12.4. The van der Waals surface area contributed by atoms with E-state index in [1.54, 1.807) is 4.72 Å². The summed E-state index contributed by atoms with van der Waals surface area (Å²) >= 11 is 0. The largest absolute Gasteiger partial charge is 0.467 e. The van der Waals surface area contributed by atoms with Gasteiger partial charge in [-0.3, -0.25) is 5.32 Å². The SMILES string of the molecule is COC(=O)c1ccccc1S(=O)(=O)NC(=O)Nc1nc(C)nc(OC)n1.[Zn]. The number of ether oxygens (including phenoxy) is 2. The molecule has 0 atom stereocenters. The van der Waals surface area contributed by atoms with Gasteiger partial charge >= 0.3 is 18.0 Å². The van der Waals surface area contributed by atoms with Crippen LogP contribution in [-0.4, -0.2) is 49.6 Å². The number of benzene rings is 1. The van der Waals surface area contributed by atoms with Crippen LogP contribution >= 0.6 is 0 Å². The van der Waals surface area contributed by atoms with Crippen molar-refractivity contribution in [3.8, 4) is 6.01 Å². The average molecular weight is 447 g/mol. The van der Waals surface area contributed by atoms with Crippen molar-refractivity contribution in [2.45, 2.75) is 11.8 Å². The van der Waals surface area contributed by atoms with Gasteiger partial charge in [0.25, 0.3) is 10.0 Å². The predicted octanol–water partition coefficient (Wildman–Crippen LogP) is 0.483. The standard InChI is InChI=1S/C14H15N5O6S.Zn/c1-8-15-12(18-14(16-8)25-3)17-13(21)19-26(22,23)10-7-5-4-6-9(10)11(20)24-2;/h4-7H,1-3H3,(H2,15,16,17,18,19,21);. The Hall–Kier alpha value is -2.66. The van der Waals surface area contributed by atoms with Crippen molar-refractivity contribution in [3.05, 3.63) is 35.7 Å². The summed E-state index contributed by atoms with van der Waals surface area (Å²) in [6.07, 6.45) is 0. The number of carbonyl (C=O) groups is 2. The Balaban J connectivity index is 0.00000364. The molecule has 0 saturated carbocycles. The quantitative estimate of drug-likeness (QED) is 0.494. The smallest absolute Gasteiger partial charge is 0.339 e. The molecule has 0 radical (unpaired) electrons. The van der Waals surface area contributed by atoms with Gasteiger partial charge in [-0.15, -0.1) is 0 Å². The Morgan fingerprint density at radius 2 is 1.74 bits per heavy atom. The molecule has 0 aliphatic heterocycles. The fourth-order valence-corrected chi connectivity index (χ4v) is 2.99. The maximum absolute atomic E-state index is 12.4. The van der Waals surface area contributed by atoms with E-state index in [-0.39, 0.29) is 42.8 Å². The molecule has 1 aromatic carbocycles. The zero-order valence-corrected chi connectivity index (χ0v) is 18.5. The summed E-state index contributed by atoms with van der Waals surface area (Å²) in [5, 5.41) is 2.16. The summed E-state index contributed by atoms with van der Waals surface area (Å²) in [6.45, 7) is 1.54. The van der Waals surface area contributed by atoms with Crippen molar-refractivity contribution in [2.24, 2.45) is 0 Å². The second-order valence-corrected chi connectivity index (χ2v) is 6.39. The third-order valence-electron chi connectivity index (χ3n) is 2.94. The minimum Gasteiger partial charge on any atom is -0.467 e. The van der Waals surface area contributed by atoms with Gasteiger partial charge in [0.2, 0.25) is 5.95 Å². The van der Waals surface area contributed by atoms with E-state index in [0.29, 0.717) is 0 Å². The zero-order chi connectivity index (χ0) is 19.3. The Morgan fingerprint density at radius 3 is 2.37 bits per heavy atom. The molecule has 2 N–H and O–H groups in total. The number of sulfonamides is 1. The molecule has 27 heavy (non-hydrogen) atoms. The van der Waals surface area contributed by atoms with Gasteiger partial charge in [-0.2, -0.15) is 15.0 Å². The number of methoxy groups -OCH3 is 2. The maximum Gasteiger partial charge on any atom is 0.339 e. The molecule has 0 fully saturated rings. The molecule has 2 aromatic rings. The van der Waals surface area contributed by atoms with Crippen LogP contribution in [-0.2, 0) is 34.2 Å². The van der Waals surface area contributed by atoms with Gasteiger partial charge in [0, 0.05) is 19.5 Å². The van der Waals surface area contributed by atoms with Crippen molar-refractivity contribution in [1.82, 2.24) is 19.7 Å². The molecule has 0 saturated heterocycles. The third-order valence-corrected chi connectivity index (χ3v) is 4.33. The number of hydrogen-bond acceptors (Lipinski definition) is 9. The number of carbonyl (C=O) groups excluding carboxylic acids is 2. The summed E-state index contributed by atoms with van der Waals surface area (Å²) in [6, 6.07) is 4.12. The van der Waals surface area contributed by atoms with Gasteiger partial charge in [-0.1, -0.05) is 12.1 Å². The second-order valence-electron chi connectivity index (χ2n) is 4.74. The molecular formula is C14H15N5O6SZn. The first-order chi connectivity index (χ1) is 12.3. The molecule has 0 bridgehead atoms. The van der Waals surface area contributed by atoms with Gasteiger partial charge in [0.15, 0.2) is 0 Å². The fourth-order valence-electron chi connectivity index (χ4n) is 1.89. The van der Waals surface area contributed by atoms with Gasteiger partial charge in [0.1, 0.15) is 10.7 Å². The monoisotopic (exact) mass is 445 g/mol. The molecule has 11 nitrogen and oxygen atoms in total. The Kier molecular flexibility index (Phi) is 7.73. The van der Waals surface area contributed by atoms with Gasteiger partial charge in [-0.25, -0.2) is 22.7 Å². The molecule has 0 spiro atoms. The van der Waals surface area contributed by atoms with E-state index < -0.39 is 26.9 Å². The molecule has 1 heterocycles. The van der Waals surface area contributed by atoms with Crippen LogP contribution in [0.5, 0.6) is 6.01 Å². The molecule has 0 aliphatic rings. The van der Waals surface area contributed by atoms with Gasteiger partial charge < -0.3 is 9.47 Å². The normalized spacial score (nSPS) is 10.3. The van der Waals surface area contributed by atoms with Gasteiger partial charge in [-0.05, 0) is 19.1 Å². The molecule has 0 unspecified atom stereocenters. The minimum atomic E-state index is -4.36. The molecule has 13 heteroatoms. The third kappa shape index (κ3) is 5.66. The topological polar surface area (TPSA) is 149 Å². The number of anilines is 1. The Bertz CT molecular complexity index is 953. The van der Waals surface area contributed by atoms with E-state index >= 15 is 0 Å². The van der Waals surface area contributed by atoms with Crippen molar-refractivity contribution < 1.29 is 47.0 Å². The molecular weight excluding hydrogens is 432 g/mol. The van der Waals surface area contributed by atoms with Crippen LogP contribution in [0.15, 0.2) is 29.2 Å². The number of esters is 1. The number of rotatable bonds is 5. The molecule has 2 amide bonds. The number of amides is 2. The van der Waals surface area contributed by atoms with E-state index in [2.05, 4.69) is 25.0 Å². The van der Waals surface area contributed by atoms with E-state index in [4.69, 9.17) is 4.74 Å². The van der Waals surface area contributed by atoms with E-state index in [1.807, 2.05) is 0 Å². The molecule has 0 aliphatic carbocycles. The first-order valence-electron chi connectivity index (χ1n) is 7.04. The van der Waals surface area contributed by atoms with Crippen molar-refractivity contribution >= 4 is 28.0 Å². The number of aryl methyl sites for hydroxylation is 1. The fraction of sp³-hybridized carbons (Fsp3) is 0.214.